The Morgan fingerprint density at radius 1 is 1.15 bits per heavy atom. The van der Waals surface area contributed by atoms with Crippen LogP contribution in [0.25, 0.3) is 0 Å². The molecule has 2 unspecified atom stereocenters. The van der Waals surface area contributed by atoms with Gasteiger partial charge in [0.2, 0.25) is 18.2 Å². The number of carbonyl (C=O) groups is 3. The SMILES string of the molecule is CC(C)(C)OC(O)N1CCC(COc2cccc3c2CN(C2CCC(=O)NC2=O)C3=O)CC1. The van der Waals surface area contributed by atoms with Crippen molar-refractivity contribution in [1.29, 1.82) is 0 Å². The van der Waals surface area contributed by atoms with Crippen LogP contribution in [0.2, 0.25) is 0 Å². The smallest absolute Gasteiger partial charge is 0.255 e. The normalized spacial score (nSPS) is 23.5. The van der Waals surface area contributed by atoms with Crippen LogP contribution in [0, 0.1) is 5.92 Å². The fourth-order valence-electron chi connectivity index (χ4n) is 4.63. The van der Waals surface area contributed by atoms with Crippen LogP contribution >= 0.6 is 0 Å². The van der Waals surface area contributed by atoms with Gasteiger partial charge in [0.15, 0.2) is 0 Å². The molecule has 0 bridgehead atoms. The van der Waals surface area contributed by atoms with E-state index in [1.807, 2.05) is 31.7 Å². The summed E-state index contributed by atoms with van der Waals surface area (Å²) in [4.78, 5) is 40.1. The molecule has 1 aromatic rings. The van der Waals surface area contributed by atoms with Gasteiger partial charge in [-0.2, -0.15) is 0 Å². The molecule has 3 aliphatic heterocycles. The molecule has 0 saturated carbocycles. The highest BCUT2D eigenvalue weighted by molar-refractivity contribution is 6.05. The number of aliphatic hydroxyl groups excluding tert-OH is 1. The van der Waals surface area contributed by atoms with Crippen molar-refractivity contribution in [3.05, 3.63) is 29.3 Å². The number of hydrogen-bond donors (Lipinski definition) is 2. The summed E-state index contributed by atoms with van der Waals surface area (Å²) in [6.07, 6.45) is 1.41. The predicted molar refractivity (Wildman–Crippen MR) is 119 cm³/mol. The van der Waals surface area contributed by atoms with Crippen LogP contribution < -0.4 is 10.1 Å². The first-order valence-electron chi connectivity index (χ1n) is 11.6. The van der Waals surface area contributed by atoms with Crippen LogP contribution in [-0.4, -0.2) is 70.4 Å². The van der Waals surface area contributed by atoms with E-state index in [4.69, 9.17) is 9.47 Å². The van der Waals surface area contributed by atoms with Gasteiger partial charge in [-0.05, 0) is 58.1 Å². The lowest BCUT2D eigenvalue weighted by Gasteiger charge is -2.37. The zero-order chi connectivity index (χ0) is 23.8. The summed E-state index contributed by atoms with van der Waals surface area (Å²) in [5.41, 5.74) is 0.930. The van der Waals surface area contributed by atoms with Crippen molar-refractivity contribution in [1.82, 2.24) is 15.1 Å². The maximum absolute atomic E-state index is 12.9. The molecule has 3 heterocycles. The Balaban J connectivity index is 1.33. The number of carbonyl (C=O) groups excluding carboxylic acids is 3. The molecule has 4 rings (SSSR count). The standard InChI is InChI=1S/C24H33N3O6/c1-24(2,3)33-23(31)26-11-9-15(10-12-26)14-32-19-6-4-5-16-17(19)13-27(22(16)30)18-7-8-20(28)25-21(18)29/h4-6,15,18,23,31H,7-14H2,1-3H3,(H,25,28,29). The number of amides is 3. The molecule has 2 saturated heterocycles. The van der Waals surface area contributed by atoms with E-state index in [9.17, 15) is 19.5 Å². The van der Waals surface area contributed by atoms with Gasteiger partial charge < -0.3 is 19.5 Å². The molecule has 0 radical (unpaired) electrons. The van der Waals surface area contributed by atoms with Crippen molar-refractivity contribution in [2.45, 2.75) is 71.1 Å². The monoisotopic (exact) mass is 459 g/mol. The van der Waals surface area contributed by atoms with Gasteiger partial charge in [0.25, 0.3) is 5.91 Å². The lowest BCUT2D eigenvalue weighted by molar-refractivity contribution is -0.243. The molecule has 2 fully saturated rings. The second kappa shape index (κ2) is 9.40. The van der Waals surface area contributed by atoms with Gasteiger partial charge in [0, 0.05) is 30.6 Å². The molecule has 1 aromatic carbocycles. The summed E-state index contributed by atoms with van der Waals surface area (Å²) in [5.74, 6) is 0.0785. The molecule has 3 aliphatic rings. The van der Waals surface area contributed by atoms with Crippen LogP contribution in [0.4, 0.5) is 0 Å². The zero-order valence-electron chi connectivity index (χ0n) is 19.5. The lowest BCUT2D eigenvalue weighted by Crippen LogP contribution is -2.52. The van der Waals surface area contributed by atoms with E-state index < -0.39 is 24.0 Å². The van der Waals surface area contributed by atoms with Crippen molar-refractivity contribution in [2.75, 3.05) is 19.7 Å². The minimum atomic E-state index is -0.909. The Kier molecular flexibility index (Phi) is 6.74. The summed E-state index contributed by atoms with van der Waals surface area (Å²) < 4.78 is 11.8. The number of imide groups is 1. The van der Waals surface area contributed by atoms with E-state index >= 15 is 0 Å². The number of aliphatic hydroxyl groups is 1. The first-order chi connectivity index (χ1) is 15.6. The molecule has 9 heteroatoms. The molecular formula is C24H33N3O6. The van der Waals surface area contributed by atoms with E-state index in [0.717, 1.165) is 31.5 Å². The first-order valence-corrected chi connectivity index (χ1v) is 11.6. The number of fused-ring (bicyclic) bond motifs is 1. The number of piperidine rings is 2. The van der Waals surface area contributed by atoms with Crippen molar-refractivity contribution < 1.29 is 29.0 Å². The quantitative estimate of drug-likeness (QED) is 0.492. The Morgan fingerprint density at radius 2 is 1.88 bits per heavy atom. The minimum Gasteiger partial charge on any atom is -0.493 e. The molecular weight excluding hydrogens is 426 g/mol. The maximum Gasteiger partial charge on any atom is 0.255 e. The second-order valence-electron chi connectivity index (χ2n) is 10.0. The van der Waals surface area contributed by atoms with Crippen LogP contribution in [0.15, 0.2) is 18.2 Å². The number of nitrogens with zero attached hydrogens (tertiary/aromatic N) is 2. The topological polar surface area (TPSA) is 108 Å². The lowest BCUT2D eigenvalue weighted by atomic mass is 9.98. The summed E-state index contributed by atoms with van der Waals surface area (Å²) in [5, 5.41) is 12.6. The van der Waals surface area contributed by atoms with Gasteiger partial charge in [-0.3, -0.25) is 24.6 Å². The fourth-order valence-corrected chi connectivity index (χ4v) is 4.63. The third-order valence-electron chi connectivity index (χ3n) is 6.43. The predicted octanol–water partition coefficient (Wildman–Crippen LogP) is 1.63. The van der Waals surface area contributed by atoms with E-state index in [2.05, 4.69) is 5.32 Å². The number of likely N-dealkylation sites (tertiary alicyclic amines) is 1. The van der Waals surface area contributed by atoms with E-state index in [1.54, 1.807) is 12.1 Å². The molecule has 0 aliphatic carbocycles. The molecule has 0 spiro atoms. The van der Waals surface area contributed by atoms with Crippen LogP contribution in [0.3, 0.4) is 0 Å². The molecule has 180 valence electrons. The minimum absolute atomic E-state index is 0.203. The maximum atomic E-state index is 12.9. The van der Waals surface area contributed by atoms with E-state index in [1.165, 1.54) is 4.90 Å². The van der Waals surface area contributed by atoms with Gasteiger partial charge in [-0.25, -0.2) is 0 Å². The number of nitrogens with one attached hydrogen (secondary N) is 1. The number of rotatable bonds is 6. The highest BCUT2D eigenvalue weighted by atomic mass is 16.6. The summed E-state index contributed by atoms with van der Waals surface area (Å²) in [6.45, 7) is 8.02. The van der Waals surface area contributed by atoms with Gasteiger partial charge in [-0.1, -0.05) is 6.07 Å². The molecule has 2 atom stereocenters. The third kappa shape index (κ3) is 5.37. The molecule has 2 N–H and O–H groups in total. The van der Waals surface area contributed by atoms with Crippen molar-refractivity contribution >= 4 is 17.7 Å². The average Bonchev–Trinajstić information content (AvgIpc) is 3.08. The highest BCUT2D eigenvalue weighted by Crippen LogP contribution is 2.34. The Labute approximate surface area is 194 Å². The van der Waals surface area contributed by atoms with Gasteiger partial charge >= 0.3 is 0 Å². The number of ether oxygens (including phenoxy) is 2. The second-order valence-corrected chi connectivity index (χ2v) is 10.0. The molecule has 0 aromatic heterocycles. The Morgan fingerprint density at radius 3 is 2.55 bits per heavy atom. The number of benzene rings is 1. The van der Waals surface area contributed by atoms with Crippen LogP contribution in [0.1, 0.15) is 62.4 Å². The summed E-state index contributed by atoms with van der Waals surface area (Å²) in [7, 11) is 0. The number of hydrogen-bond acceptors (Lipinski definition) is 7. The fraction of sp³-hybridized carbons (Fsp3) is 0.625. The summed E-state index contributed by atoms with van der Waals surface area (Å²) >= 11 is 0. The molecule has 33 heavy (non-hydrogen) atoms. The Bertz CT molecular complexity index is 919. The van der Waals surface area contributed by atoms with Crippen molar-refractivity contribution in [2.24, 2.45) is 5.92 Å². The van der Waals surface area contributed by atoms with Gasteiger partial charge in [-0.15, -0.1) is 0 Å². The van der Waals surface area contributed by atoms with Crippen LogP contribution in [0.5, 0.6) is 5.75 Å². The first kappa shape index (κ1) is 23.7. The van der Waals surface area contributed by atoms with Gasteiger partial charge in [0.05, 0.1) is 18.8 Å². The van der Waals surface area contributed by atoms with Gasteiger partial charge in [0.1, 0.15) is 11.8 Å². The molecule has 3 amide bonds. The summed E-state index contributed by atoms with van der Waals surface area (Å²) in [6, 6.07) is 4.77. The van der Waals surface area contributed by atoms with Crippen molar-refractivity contribution in [3.63, 3.8) is 0 Å². The van der Waals surface area contributed by atoms with Crippen LogP contribution in [-0.2, 0) is 20.9 Å². The largest absolute Gasteiger partial charge is 0.493 e. The van der Waals surface area contributed by atoms with E-state index in [0.29, 0.717) is 36.8 Å². The van der Waals surface area contributed by atoms with Crippen molar-refractivity contribution in [3.8, 4) is 5.75 Å². The van der Waals surface area contributed by atoms with E-state index in [-0.39, 0.29) is 18.2 Å². The average molecular weight is 460 g/mol. The third-order valence-corrected chi connectivity index (χ3v) is 6.43. The zero-order valence-corrected chi connectivity index (χ0v) is 19.5. The molecule has 9 nitrogen and oxygen atoms in total. The Hall–Kier alpha value is -2.49. The highest BCUT2D eigenvalue weighted by Gasteiger charge is 2.40.